The Morgan fingerprint density at radius 3 is 2.56 bits per heavy atom. The molecule has 1 aliphatic rings. The van der Waals surface area contributed by atoms with Gasteiger partial charge in [0.2, 0.25) is 5.88 Å². The van der Waals surface area contributed by atoms with E-state index >= 15 is 0 Å². The van der Waals surface area contributed by atoms with E-state index in [1.807, 2.05) is 0 Å². The molecule has 2 amide bonds. The molecular formula is C8H7ClF3N3O3. The predicted octanol–water partition coefficient (Wildman–Crippen LogP) is 1.45. The molecule has 10 heteroatoms. The van der Waals surface area contributed by atoms with Gasteiger partial charge in [0.05, 0.1) is 0 Å². The van der Waals surface area contributed by atoms with Crippen molar-refractivity contribution < 1.29 is 27.6 Å². The van der Waals surface area contributed by atoms with Crippen LogP contribution in [0, 0.1) is 0 Å². The molecule has 0 radical (unpaired) electrons. The van der Waals surface area contributed by atoms with Crippen LogP contribution >= 0.6 is 11.6 Å². The molecule has 6 nitrogen and oxygen atoms in total. The lowest BCUT2D eigenvalue weighted by Gasteiger charge is -2.14. The molecule has 0 bridgehead atoms. The molecule has 1 fully saturated rings. The van der Waals surface area contributed by atoms with Crippen LogP contribution < -0.4 is 4.90 Å². The number of urea groups is 1. The van der Waals surface area contributed by atoms with Crippen molar-refractivity contribution in [2.75, 3.05) is 11.9 Å². The number of aliphatic hydroxyl groups is 1. The second kappa shape index (κ2) is 4.02. The Morgan fingerprint density at radius 2 is 2.17 bits per heavy atom. The van der Waals surface area contributed by atoms with E-state index in [-0.39, 0.29) is 0 Å². The van der Waals surface area contributed by atoms with Crippen LogP contribution in [0.3, 0.4) is 0 Å². The zero-order chi connectivity index (χ0) is 13.7. The lowest BCUT2D eigenvalue weighted by Crippen LogP contribution is -2.31. The zero-order valence-corrected chi connectivity index (χ0v) is 9.61. The van der Waals surface area contributed by atoms with Crippen LogP contribution in [-0.2, 0) is 6.18 Å². The van der Waals surface area contributed by atoms with Gasteiger partial charge in [-0.3, -0.25) is 4.90 Å². The molecule has 0 aliphatic carbocycles. The summed E-state index contributed by atoms with van der Waals surface area (Å²) in [4.78, 5) is 13.2. The average Bonchev–Trinajstić information content (AvgIpc) is 2.81. The van der Waals surface area contributed by atoms with E-state index in [0.29, 0.717) is 11.0 Å². The minimum atomic E-state index is -4.68. The second-order valence-corrected chi connectivity index (χ2v) is 4.05. The molecule has 2 unspecified atom stereocenters. The van der Waals surface area contributed by atoms with Crippen LogP contribution in [0.4, 0.5) is 23.8 Å². The predicted molar refractivity (Wildman–Crippen MR) is 52.8 cm³/mol. The molecule has 1 N–H and O–H groups in total. The molecule has 2 heterocycles. The van der Waals surface area contributed by atoms with E-state index < -0.39 is 35.5 Å². The third-order valence-corrected chi connectivity index (χ3v) is 2.84. The molecule has 0 aromatic carbocycles. The first-order valence-corrected chi connectivity index (χ1v) is 5.09. The van der Waals surface area contributed by atoms with Crippen LogP contribution in [-0.4, -0.2) is 40.0 Å². The first-order chi connectivity index (χ1) is 8.23. The highest BCUT2D eigenvalue weighted by molar-refractivity contribution is 6.25. The number of hydrogen-bond donors (Lipinski definition) is 1. The number of halogens is 4. The van der Waals surface area contributed by atoms with Gasteiger partial charge in [-0.2, -0.15) is 13.2 Å². The van der Waals surface area contributed by atoms with Gasteiger partial charge in [-0.05, 0) is 0 Å². The lowest BCUT2D eigenvalue weighted by atomic mass is 10.4. The van der Waals surface area contributed by atoms with E-state index in [1.54, 1.807) is 0 Å². The van der Waals surface area contributed by atoms with Crippen molar-refractivity contribution in [3.63, 3.8) is 0 Å². The smallest absolute Gasteiger partial charge is 0.370 e. The van der Waals surface area contributed by atoms with Crippen LogP contribution in [0.25, 0.3) is 0 Å². The maximum absolute atomic E-state index is 12.3. The van der Waals surface area contributed by atoms with E-state index in [4.69, 9.17) is 11.6 Å². The van der Waals surface area contributed by atoms with E-state index in [9.17, 15) is 23.1 Å². The number of hydrogen-bond acceptors (Lipinski definition) is 4. The fourth-order valence-corrected chi connectivity index (χ4v) is 1.78. The highest BCUT2D eigenvalue weighted by atomic mass is 35.5. The van der Waals surface area contributed by atoms with Crippen molar-refractivity contribution in [1.82, 2.24) is 10.1 Å². The maximum Gasteiger partial charge on any atom is 0.436 e. The number of nitrogens with zero attached hydrogens (tertiary/aromatic N) is 3. The molecule has 0 spiro atoms. The molecule has 1 saturated heterocycles. The van der Waals surface area contributed by atoms with Crippen molar-refractivity contribution in [2.45, 2.75) is 17.9 Å². The normalized spacial score (nSPS) is 25.1. The summed E-state index contributed by atoms with van der Waals surface area (Å²) >= 11 is 5.72. The minimum absolute atomic E-state index is 0.476. The van der Waals surface area contributed by atoms with Crippen molar-refractivity contribution >= 4 is 23.5 Å². The summed E-state index contributed by atoms with van der Waals surface area (Å²) in [7, 11) is 1.25. The highest BCUT2D eigenvalue weighted by Crippen LogP contribution is 2.34. The SMILES string of the molecule is CN1C(=O)N(c2cc(C(F)(F)F)no2)C(Cl)C1O. The van der Waals surface area contributed by atoms with Gasteiger partial charge in [0.25, 0.3) is 0 Å². The van der Waals surface area contributed by atoms with Gasteiger partial charge >= 0.3 is 12.2 Å². The second-order valence-electron chi connectivity index (χ2n) is 3.60. The third-order valence-electron chi connectivity index (χ3n) is 2.42. The molecular weight excluding hydrogens is 279 g/mol. The molecule has 1 aromatic rings. The van der Waals surface area contributed by atoms with Crippen LogP contribution in [0.15, 0.2) is 10.6 Å². The monoisotopic (exact) mass is 285 g/mol. The van der Waals surface area contributed by atoms with Crippen molar-refractivity contribution in [3.05, 3.63) is 11.8 Å². The number of likely N-dealkylation sites (N-methyl/N-ethyl adjacent to an activating group) is 1. The number of aromatic nitrogens is 1. The van der Waals surface area contributed by atoms with E-state index in [1.165, 1.54) is 7.05 Å². The number of amides is 2. The molecule has 100 valence electrons. The zero-order valence-electron chi connectivity index (χ0n) is 8.85. The highest BCUT2D eigenvalue weighted by Gasteiger charge is 2.46. The number of carbonyl (C=O) groups excluding carboxylic acids is 1. The Morgan fingerprint density at radius 1 is 1.56 bits per heavy atom. The quantitative estimate of drug-likeness (QED) is 0.626. The average molecular weight is 286 g/mol. The number of alkyl halides is 4. The fraction of sp³-hybridized carbons (Fsp3) is 0.500. The third kappa shape index (κ3) is 1.89. The molecule has 2 atom stereocenters. The standard InChI is InChI=1S/C8H7ClF3N3O3/c1-14-6(16)5(9)15(7(14)17)4-2-3(13-18-4)8(10,11)12/h2,5-6,16H,1H3. The van der Waals surface area contributed by atoms with Gasteiger partial charge in [0.1, 0.15) is 0 Å². The molecule has 18 heavy (non-hydrogen) atoms. The number of rotatable bonds is 1. The first kappa shape index (κ1) is 13.0. The van der Waals surface area contributed by atoms with Crippen molar-refractivity contribution in [1.29, 1.82) is 0 Å². The Balaban J connectivity index is 2.33. The summed E-state index contributed by atoms with van der Waals surface area (Å²) in [6.07, 6.45) is -6.03. The molecule has 0 saturated carbocycles. The van der Waals surface area contributed by atoms with E-state index in [2.05, 4.69) is 9.68 Å². The maximum atomic E-state index is 12.3. The summed E-state index contributed by atoms with van der Waals surface area (Å²) in [6.45, 7) is 0. The number of anilines is 1. The van der Waals surface area contributed by atoms with Crippen LogP contribution in [0.2, 0.25) is 0 Å². The van der Waals surface area contributed by atoms with E-state index in [0.717, 1.165) is 4.90 Å². The summed E-state index contributed by atoms with van der Waals surface area (Å²) < 4.78 is 41.4. The van der Waals surface area contributed by atoms with Crippen molar-refractivity contribution in [2.24, 2.45) is 0 Å². The van der Waals surface area contributed by atoms with Crippen LogP contribution in [0.5, 0.6) is 0 Å². The fourth-order valence-electron chi connectivity index (χ4n) is 1.43. The minimum Gasteiger partial charge on any atom is -0.370 e. The number of aliphatic hydroxyl groups excluding tert-OH is 1. The van der Waals surface area contributed by atoms with Crippen molar-refractivity contribution in [3.8, 4) is 0 Å². The summed E-state index contributed by atoms with van der Waals surface area (Å²) in [5.74, 6) is -0.476. The van der Waals surface area contributed by atoms with Gasteiger partial charge in [-0.15, -0.1) is 0 Å². The van der Waals surface area contributed by atoms with Gasteiger partial charge in [-0.25, -0.2) is 9.69 Å². The first-order valence-electron chi connectivity index (χ1n) is 4.65. The Hall–Kier alpha value is -1.48. The topological polar surface area (TPSA) is 69.8 Å². The molecule has 2 rings (SSSR count). The summed E-state index contributed by atoms with van der Waals surface area (Å²) in [6, 6.07) is -0.244. The summed E-state index contributed by atoms with van der Waals surface area (Å²) in [5, 5.41) is 12.3. The van der Waals surface area contributed by atoms with Gasteiger partial charge in [0.15, 0.2) is 17.4 Å². The lowest BCUT2D eigenvalue weighted by molar-refractivity contribution is -0.142. The molecule has 1 aromatic heterocycles. The number of carbonyl (C=O) groups is 1. The summed E-state index contributed by atoms with van der Waals surface area (Å²) in [5.41, 5.74) is -2.53. The Bertz CT molecular complexity index is 478. The molecule has 1 aliphatic heterocycles. The Kier molecular flexibility index (Phi) is 2.90. The van der Waals surface area contributed by atoms with Gasteiger partial charge < -0.3 is 9.63 Å². The van der Waals surface area contributed by atoms with Gasteiger partial charge in [-0.1, -0.05) is 16.8 Å². The van der Waals surface area contributed by atoms with Crippen LogP contribution in [0.1, 0.15) is 5.69 Å². The van der Waals surface area contributed by atoms with Gasteiger partial charge in [0, 0.05) is 13.1 Å². The largest absolute Gasteiger partial charge is 0.436 e. The Labute approximate surface area is 103 Å².